The van der Waals surface area contributed by atoms with E-state index in [0.717, 1.165) is 66.1 Å². The van der Waals surface area contributed by atoms with Gasteiger partial charge in [-0.25, -0.2) is 0 Å². The van der Waals surface area contributed by atoms with Gasteiger partial charge in [-0.1, -0.05) is 0 Å². The number of nitrogens with one attached hydrogen (secondary N) is 1. The molecule has 146 valence electrons. The highest BCUT2D eigenvalue weighted by Gasteiger charge is 2.25. The Morgan fingerprint density at radius 1 is 1.15 bits per heavy atom. The van der Waals surface area contributed by atoms with E-state index in [-0.39, 0.29) is 25.1 Å². The first kappa shape index (κ1) is 20.5. The second-order valence-electron chi connectivity index (χ2n) is 7.44. The van der Waals surface area contributed by atoms with Gasteiger partial charge in [-0.05, 0) is 62.8 Å². The predicted octanol–water partition coefficient (Wildman–Crippen LogP) is 1.83. The van der Waals surface area contributed by atoms with Crippen molar-refractivity contribution in [1.29, 1.82) is 0 Å². The van der Waals surface area contributed by atoms with Crippen LogP contribution < -0.4 is 11.1 Å². The number of nitrogen functional groups attached to an aromatic ring is 1. The third-order valence-corrected chi connectivity index (χ3v) is 6.01. The molecule has 1 saturated heterocycles. The molecule has 0 saturated carbocycles. The first-order valence-corrected chi connectivity index (χ1v) is 9.46. The Balaban J connectivity index is 1.97. The number of piperidine rings is 1. The van der Waals surface area contributed by atoms with E-state index in [1.807, 2.05) is 39.6 Å². The second kappa shape index (κ2) is 8.73. The monoisotopic (exact) mass is 362 g/mol. The van der Waals surface area contributed by atoms with Crippen molar-refractivity contribution in [2.24, 2.45) is 0 Å². The number of likely N-dealkylation sites (N-methyl/N-ethyl adjacent to an activating group) is 1. The minimum absolute atomic E-state index is 0.108. The fourth-order valence-electron chi connectivity index (χ4n) is 3.77. The fraction of sp³-hybridized carbons (Fsp3) is 0.650. The van der Waals surface area contributed by atoms with Gasteiger partial charge in [0, 0.05) is 44.1 Å². The van der Waals surface area contributed by atoms with Gasteiger partial charge in [0.05, 0.1) is 13.2 Å². The van der Waals surface area contributed by atoms with Gasteiger partial charge >= 0.3 is 0 Å². The second-order valence-corrected chi connectivity index (χ2v) is 7.44. The van der Waals surface area contributed by atoms with E-state index in [4.69, 9.17) is 10.8 Å². The highest BCUT2D eigenvalue weighted by molar-refractivity contribution is 5.82. The molecule has 0 spiro atoms. The van der Waals surface area contributed by atoms with Crippen molar-refractivity contribution in [2.75, 3.05) is 50.9 Å². The van der Waals surface area contributed by atoms with Crippen molar-refractivity contribution >= 4 is 17.3 Å². The molecule has 4 N–H and O–H groups in total. The summed E-state index contributed by atoms with van der Waals surface area (Å²) in [6.07, 6.45) is 1.92. The summed E-state index contributed by atoms with van der Waals surface area (Å²) in [6.45, 7) is 11.2. The maximum absolute atomic E-state index is 12.7. The zero-order valence-corrected chi connectivity index (χ0v) is 16.9. The molecule has 0 radical (unpaired) electrons. The molecule has 1 aromatic rings. The Morgan fingerprint density at radius 2 is 1.69 bits per heavy atom. The molecule has 0 bridgehead atoms. The Kier molecular flexibility index (Phi) is 6.89. The molecule has 1 aromatic carbocycles. The van der Waals surface area contributed by atoms with Gasteiger partial charge in [0.25, 0.3) is 0 Å². The smallest absolute Gasteiger partial charge is 0.241 e. The fourth-order valence-corrected chi connectivity index (χ4v) is 3.77. The number of aliphatic hydroxyl groups is 1. The Hall–Kier alpha value is -1.79. The SMILES string of the molecule is Cc1c(C)c(NCC(=O)N(C)C2CCN(CCO)CC2)c(C)c(C)c1N. The summed E-state index contributed by atoms with van der Waals surface area (Å²) in [5.74, 6) is 0.108. The number of aliphatic hydroxyl groups excluding tert-OH is 1. The van der Waals surface area contributed by atoms with Crippen LogP contribution in [-0.4, -0.2) is 66.7 Å². The van der Waals surface area contributed by atoms with Crippen LogP contribution in [0, 0.1) is 27.7 Å². The van der Waals surface area contributed by atoms with E-state index in [1.165, 1.54) is 0 Å². The minimum atomic E-state index is 0.108. The molecular weight excluding hydrogens is 328 g/mol. The van der Waals surface area contributed by atoms with Crippen LogP contribution in [0.2, 0.25) is 0 Å². The lowest BCUT2D eigenvalue weighted by atomic mass is 9.96. The maximum Gasteiger partial charge on any atom is 0.241 e. The number of rotatable bonds is 6. The van der Waals surface area contributed by atoms with Crippen LogP contribution in [0.4, 0.5) is 11.4 Å². The zero-order chi connectivity index (χ0) is 19.4. The molecule has 6 heteroatoms. The van der Waals surface area contributed by atoms with Gasteiger partial charge in [-0.3, -0.25) is 4.79 Å². The molecule has 2 rings (SSSR count). The lowest BCUT2D eigenvalue weighted by molar-refractivity contribution is -0.130. The molecule has 1 amide bonds. The lowest BCUT2D eigenvalue weighted by Gasteiger charge is -2.36. The van der Waals surface area contributed by atoms with E-state index < -0.39 is 0 Å². The van der Waals surface area contributed by atoms with Gasteiger partial charge < -0.3 is 26.0 Å². The molecule has 1 fully saturated rings. The number of benzene rings is 1. The molecule has 0 aromatic heterocycles. The number of carbonyl (C=O) groups excluding carboxylic acids is 1. The molecule has 0 unspecified atom stereocenters. The summed E-state index contributed by atoms with van der Waals surface area (Å²) in [5.41, 5.74) is 12.4. The van der Waals surface area contributed by atoms with Crippen LogP contribution in [0.3, 0.4) is 0 Å². The van der Waals surface area contributed by atoms with Crippen LogP contribution >= 0.6 is 0 Å². The maximum atomic E-state index is 12.7. The summed E-state index contributed by atoms with van der Waals surface area (Å²) < 4.78 is 0. The number of β-amino-alcohol motifs (C(OH)–C–C–N with tert-alkyl or cyclic N) is 1. The average molecular weight is 363 g/mol. The zero-order valence-electron chi connectivity index (χ0n) is 16.9. The Labute approximate surface area is 157 Å². The standard InChI is InChI=1S/C20H34N4O2/c1-13-15(3)20(16(4)14(2)19(13)21)22-12-18(26)23(5)17-6-8-24(9-7-17)10-11-25/h17,22,25H,6-12,21H2,1-5H3. The van der Waals surface area contributed by atoms with Crippen molar-refractivity contribution in [3.05, 3.63) is 22.3 Å². The van der Waals surface area contributed by atoms with Crippen molar-refractivity contribution in [1.82, 2.24) is 9.80 Å². The van der Waals surface area contributed by atoms with Crippen molar-refractivity contribution in [3.63, 3.8) is 0 Å². The number of anilines is 2. The molecule has 1 aliphatic rings. The number of nitrogens with zero attached hydrogens (tertiary/aromatic N) is 2. The Bertz CT molecular complexity index is 623. The highest BCUT2D eigenvalue weighted by atomic mass is 16.3. The van der Waals surface area contributed by atoms with E-state index in [1.54, 1.807) is 0 Å². The molecule has 1 aliphatic heterocycles. The number of nitrogens with two attached hydrogens (primary N) is 1. The summed E-state index contributed by atoms with van der Waals surface area (Å²) in [5, 5.41) is 12.4. The summed E-state index contributed by atoms with van der Waals surface area (Å²) in [7, 11) is 1.90. The first-order chi connectivity index (χ1) is 12.3. The minimum Gasteiger partial charge on any atom is -0.398 e. The predicted molar refractivity (Wildman–Crippen MR) is 108 cm³/mol. The van der Waals surface area contributed by atoms with Crippen molar-refractivity contribution < 1.29 is 9.90 Å². The van der Waals surface area contributed by atoms with Crippen molar-refractivity contribution in [3.8, 4) is 0 Å². The average Bonchev–Trinajstić information content (AvgIpc) is 2.65. The quantitative estimate of drug-likeness (QED) is 0.673. The summed E-state index contributed by atoms with van der Waals surface area (Å²) in [4.78, 5) is 16.8. The molecule has 6 nitrogen and oxygen atoms in total. The van der Waals surface area contributed by atoms with Crippen LogP contribution in [0.5, 0.6) is 0 Å². The third-order valence-electron chi connectivity index (χ3n) is 6.01. The number of amides is 1. The molecule has 26 heavy (non-hydrogen) atoms. The molecule has 1 heterocycles. The van der Waals surface area contributed by atoms with Gasteiger partial charge in [0.2, 0.25) is 5.91 Å². The van der Waals surface area contributed by atoms with E-state index in [9.17, 15) is 4.79 Å². The lowest BCUT2D eigenvalue weighted by Crippen LogP contribution is -2.47. The molecule has 0 aliphatic carbocycles. The van der Waals surface area contributed by atoms with Gasteiger partial charge in [-0.15, -0.1) is 0 Å². The van der Waals surface area contributed by atoms with Crippen LogP contribution in [0.1, 0.15) is 35.1 Å². The topological polar surface area (TPSA) is 81.8 Å². The Morgan fingerprint density at radius 3 is 2.19 bits per heavy atom. The number of carbonyl (C=O) groups is 1. The van der Waals surface area contributed by atoms with Gasteiger partial charge in [-0.2, -0.15) is 0 Å². The molecular formula is C20H34N4O2. The van der Waals surface area contributed by atoms with Crippen LogP contribution in [0.15, 0.2) is 0 Å². The van der Waals surface area contributed by atoms with Crippen molar-refractivity contribution in [2.45, 2.75) is 46.6 Å². The summed E-state index contributed by atoms with van der Waals surface area (Å²) >= 11 is 0. The normalized spacial score (nSPS) is 15.9. The van der Waals surface area contributed by atoms with E-state index >= 15 is 0 Å². The van der Waals surface area contributed by atoms with Gasteiger partial charge in [0.1, 0.15) is 0 Å². The van der Waals surface area contributed by atoms with Gasteiger partial charge in [0.15, 0.2) is 0 Å². The third kappa shape index (κ3) is 4.30. The number of likely N-dealkylation sites (tertiary alicyclic amines) is 1. The molecule has 0 atom stereocenters. The van der Waals surface area contributed by atoms with E-state index in [0.29, 0.717) is 0 Å². The number of hydrogen-bond acceptors (Lipinski definition) is 5. The van der Waals surface area contributed by atoms with Crippen LogP contribution in [-0.2, 0) is 4.79 Å². The summed E-state index contributed by atoms with van der Waals surface area (Å²) in [6, 6.07) is 0.274. The first-order valence-electron chi connectivity index (χ1n) is 9.46. The van der Waals surface area contributed by atoms with E-state index in [2.05, 4.69) is 10.2 Å². The largest absolute Gasteiger partial charge is 0.398 e. The highest BCUT2D eigenvalue weighted by Crippen LogP contribution is 2.32. The number of hydrogen-bond donors (Lipinski definition) is 3. The van der Waals surface area contributed by atoms with Crippen LogP contribution in [0.25, 0.3) is 0 Å².